The number of nitrogens with zero attached hydrogens (tertiary/aromatic N) is 6. The molecule has 0 saturated carbocycles. The first-order valence-electron chi connectivity index (χ1n) is 12.5. The first kappa shape index (κ1) is 24.0. The van der Waals surface area contributed by atoms with Gasteiger partial charge in [0.25, 0.3) is 0 Å². The second-order valence-electron chi connectivity index (χ2n) is 9.49. The number of benzene rings is 1. The highest BCUT2D eigenvalue weighted by atomic mass is 16.3. The molecule has 0 aliphatic carbocycles. The highest BCUT2D eigenvalue weighted by Crippen LogP contribution is 2.24. The largest absolute Gasteiger partial charge is 0.392 e. The minimum absolute atomic E-state index is 0.296. The van der Waals surface area contributed by atoms with E-state index in [2.05, 4.69) is 72.2 Å². The van der Waals surface area contributed by atoms with Gasteiger partial charge in [-0.3, -0.25) is 4.90 Å². The number of piperazine rings is 1. The van der Waals surface area contributed by atoms with E-state index in [-0.39, 0.29) is 6.10 Å². The number of pyridine rings is 1. The molecule has 1 aliphatic rings. The Kier molecular flexibility index (Phi) is 7.02. The maximum Gasteiger partial charge on any atom is 0.229 e. The number of aromatic nitrogens is 4. The smallest absolute Gasteiger partial charge is 0.229 e. The van der Waals surface area contributed by atoms with E-state index >= 15 is 0 Å². The van der Waals surface area contributed by atoms with E-state index in [1.165, 1.54) is 5.69 Å². The van der Waals surface area contributed by atoms with Crippen molar-refractivity contribution in [2.75, 3.05) is 48.8 Å². The van der Waals surface area contributed by atoms with E-state index in [0.29, 0.717) is 18.5 Å². The molecule has 2 atom stereocenters. The molecule has 9 nitrogen and oxygen atoms in total. The third-order valence-corrected chi connectivity index (χ3v) is 6.72. The van der Waals surface area contributed by atoms with Crippen molar-refractivity contribution in [2.45, 2.75) is 32.5 Å². The van der Waals surface area contributed by atoms with Gasteiger partial charge in [-0.1, -0.05) is 6.07 Å². The fourth-order valence-corrected chi connectivity index (χ4v) is 4.86. The highest BCUT2D eigenvalue weighted by molar-refractivity contribution is 5.77. The van der Waals surface area contributed by atoms with E-state index < -0.39 is 0 Å². The minimum atomic E-state index is -0.296. The predicted octanol–water partition coefficient (Wildman–Crippen LogP) is 3.55. The van der Waals surface area contributed by atoms with E-state index in [1.54, 1.807) is 6.20 Å². The topological polar surface area (TPSA) is 94.4 Å². The van der Waals surface area contributed by atoms with Crippen LogP contribution in [-0.4, -0.2) is 74.9 Å². The summed E-state index contributed by atoms with van der Waals surface area (Å²) in [5.74, 6) is 1.43. The SMILES string of the molecule is CNc1ncccc1Cn1ccc2cnc(Nc3ccc(N4CCN(CC(C)O)C(C)C4)cc3)nc21. The molecule has 1 saturated heterocycles. The zero-order valence-electron chi connectivity index (χ0n) is 21.1. The fourth-order valence-electron chi connectivity index (χ4n) is 4.86. The van der Waals surface area contributed by atoms with Crippen LogP contribution in [0.5, 0.6) is 0 Å². The first-order chi connectivity index (χ1) is 17.5. The first-order valence-corrected chi connectivity index (χ1v) is 12.5. The molecule has 9 heteroatoms. The Labute approximate surface area is 211 Å². The Hall–Kier alpha value is -3.69. The van der Waals surface area contributed by atoms with Crippen LogP contribution < -0.4 is 15.5 Å². The van der Waals surface area contributed by atoms with Gasteiger partial charge < -0.3 is 25.2 Å². The van der Waals surface area contributed by atoms with Crippen LogP contribution in [-0.2, 0) is 6.54 Å². The van der Waals surface area contributed by atoms with Crippen molar-refractivity contribution in [2.24, 2.45) is 0 Å². The highest BCUT2D eigenvalue weighted by Gasteiger charge is 2.24. The van der Waals surface area contributed by atoms with Gasteiger partial charge in [0.15, 0.2) is 0 Å². The average molecular weight is 487 g/mol. The number of anilines is 4. The lowest BCUT2D eigenvalue weighted by Crippen LogP contribution is -2.53. The number of nitrogens with one attached hydrogen (secondary N) is 2. The van der Waals surface area contributed by atoms with Crippen molar-refractivity contribution in [3.8, 4) is 0 Å². The maximum absolute atomic E-state index is 9.73. The molecule has 0 spiro atoms. The summed E-state index contributed by atoms with van der Waals surface area (Å²) in [5.41, 5.74) is 4.12. The molecule has 36 heavy (non-hydrogen) atoms. The Bertz CT molecular complexity index is 1300. The molecule has 188 valence electrons. The Morgan fingerprint density at radius 2 is 1.94 bits per heavy atom. The number of aliphatic hydroxyl groups is 1. The number of hydrogen-bond donors (Lipinski definition) is 3. The molecule has 0 bridgehead atoms. The third kappa shape index (κ3) is 5.27. The fraction of sp³-hybridized carbons (Fsp3) is 0.370. The molecule has 0 amide bonds. The molecule has 3 aromatic heterocycles. The van der Waals surface area contributed by atoms with Gasteiger partial charge >= 0.3 is 0 Å². The quantitative estimate of drug-likeness (QED) is 0.348. The van der Waals surface area contributed by atoms with Crippen LogP contribution in [0.2, 0.25) is 0 Å². The van der Waals surface area contributed by atoms with Crippen molar-refractivity contribution in [3.63, 3.8) is 0 Å². The van der Waals surface area contributed by atoms with Crippen LogP contribution in [0.15, 0.2) is 61.1 Å². The standard InChI is InChI=1S/C27H34N8O/c1-19-16-34(14-13-33(19)17-20(2)36)24-8-6-23(7-9-24)31-27-30-15-21-10-12-35(26(21)32-27)18-22-5-4-11-29-25(22)28-3/h4-12,15,19-20,36H,13-14,16-18H2,1-3H3,(H,28,29)(H,30,31,32). The molecule has 1 aliphatic heterocycles. The van der Waals surface area contributed by atoms with Crippen molar-refractivity contribution < 1.29 is 5.11 Å². The zero-order chi connectivity index (χ0) is 25.1. The number of hydrogen-bond acceptors (Lipinski definition) is 8. The number of rotatable bonds is 8. The van der Waals surface area contributed by atoms with Crippen molar-refractivity contribution >= 4 is 34.2 Å². The van der Waals surface area contributed by atoms with Gasteiger partial charge in [0.2, 0.25) is 5.95 Å². The molecule has 4 aromatic rings. The van der Waals surface area contributed by atoms with E-state index in [9.17, 15) is 5.11 Å². The molecule has 1 aromatic carbocycles. The van der Waals surface area contributed by atoms with E-state index in [1.807, 2.05) is 38.5 Å². The van der Waals surface area contributed by atoms with Gasteiger partial charge in [-0.25, -0.2) is 9.97 Å². The van der Waals surface area contributed by atoms with Crippen molar-refractivity contribution in [1.29, 1.82) is 0 Å². The van der Waals surface area contributed by atoms with E-state index in [4.69, 9.17) is 4.98 Å². The summed E-state index contributed by atoms with van der Waals surface area (Å²) in [6, 6.07) is 14.9. The van der Waals surface area contributed by atoms with Crippen LogP contribution in [0.1, 0.15) is 19.4 Å². The normalized spacial score (nSPS) is 17.3. The van der Waals surface area contributed by atoms with Gasteiger partial charge in [0.1, 0.15) is 11.5 Å². The second kappa shape index (κ2) is 10.5. The summed E-state index contributed by atoms with van der Waals surface area (Å²) < 4.78 is 2.11. The Morgan fingerprint density at radius 1 is 1.11 bits per heavy atom. The maximum atomic E-state index is 9.73. The summed E-state index contributed by atoms with van der Waals surface area (Å²) in [7, 11) is 1.88. The van der Waals surface area contributed by atoms with Gasteiger partial charge in [-0.15, -0.1) is 0 Å². The van der Waals surface area contributed by atoms with Crippen LogP contribution in [0, 0.1) is 0 Å². The molecule has 0 radical (unpaired) electrons. The molecule has 3 N–H and O–H groups in total. The summed E-state index contributed by atoms with van der Waals surface area (Å²) in [4.78, 5) is 18.5. The summed E-state index contributed by atoms with van der Waals surface area (Å²) in [5, 5.41) is 17.2. The molecular formula is C27H34N8O. The van der Waals surface area contributed by atoms with E-state index in [0.717, 1.165) is 54.3 Å². The summed E-state index contributed by atoms with van der Waals surface area (Å²) >= 11 is 0. The number of aliphatic hydroxyl groups excluding tert-OH is 1. The van der Waals surface area contributed by atoms with Gasteiger partial charge in [0, 0.05) is 80.2 Å². The van der Waals surface area contributed by atoms with Crippen LogP contribution in [0.4, 0.5) is 23.1 Å². The van der Waals surface area contributed by atoms with Gasteiger partial charge in [0.05, 0.1) is 12.6 Å². The summed E-state index contributed by atoms with van der Waals surface area (Å²) in [6.45, 7) is 8.32. The lowest BCUT2D eigenvalue weighted by molar-refractivity contribution is 0.0960. The molecule has 2 unspecified atom stereocenters. The van der Waals surface area contributed by atoms with Gasteiger partial charge in [-0.05, 0) is 50.2 Å². The van der Waals surface area contributed by atoms with Crippen molar-refractivity contribution in [1.82, 2.24) is 24.4 Å². The van der Waals surface area contributed by atoms with Crippen LogP contribution >= 0.6 is 0 Å². The molecule has 5 rings (SSSR count). The molecular weight excluding hydrogens is 452 g/mol. The van der Waals surface area contributed by atoms with Gasteiger partial charge in [-0.2, -0.15) is 4.98 Å². The molecule has 1 fully saturated rings. The number of β-amino-alcohol motifs (C(OH)–C–C–N with tert-alkyl or cyclic N) is 1. The minimum Gasteiger partial charge on any atom is -0.392 e. The third-order valence-electron chi connectivity index (χ3n) is 6.72. The number of fused-ring (bicyclic) bond motifs is 1. The molecule has 4 heterocycles. The van der Waals surface area contributed by atoms with Crippen LogP contribution in [0.3, 0.4) is 0 Å². The lowest BCUT2D eigenvalue weighted by atomic mass is 10.1. The lowest BCUT2D eigenvalue weighted by Gasteiger charge is -2.41. The Balaban J connectivity index is 1.27. The van der Waals surface area contributed by atoms with Crippen LogP contribution in [0.25, 0.3) is 11.0 Å². The average Bonchev–Trinajstić information content (AvgIpc) is 3.28. The monoisotopic (exact) mass is 486 g/mol. The second-order valence-corrected chi connectivity index (χ2v) is 9.49. The predicted molar refractivity (Wildman–Crippen MR) is 145 cm³/mol. The zero-order valence-corrected chi connectivity index (χ0v) is 21.1. The summed E-state index contributed by atoms with van der Waals surface area (Å²) in [6.07, 6.45) is 5.38. The Morgan fingerprint density at radius 3 is 2.69 bits per heavy atom. The van der Waals surface area contributed by atoms with Crippen molar-refractivity contribution in [3.05, 3.63) is 66.6 Å².